The number of nitrogens with one attached hydrogen (secondary N) is 1. The Balaban J connectivity index is 2.11. The molecule has 1 N–H and O–H groups in total. The Morgan fingerprint density at radius 3 is 2.67 bits per heavy atom. The maximum Gasteiger partial charge on any atom is 0.217 e. The zero-order valence-corrected chi connectivity index (χ0v) is 13.3. The lowest BCUT2D eigenvalue weighted by Crippen LogP contribution is -2.37. The number of ether oxygens (including phenoxy) is 3. The molecule has 0 unspecified atom stereocenters. The maximum atomic E-state index is 12.3. The maximum absolute atomic E-state index is 12.3. The highest BCUT2D eigenvalue weighted by Gasteiger charge is 2.35. The Hall–Kier alpha value is -1.31. The molecule has 118 valence electrons. The van der Waals surface area contributed by atoms with Crippen LogP contribution >= 0.6 is 0 Å². The molecule has 0 amide bonds. The normalized spacial score (nSPS) is 22.2. The van der Waals surface area contributed by atoms with Crippen LogP contribution in [0.2, 0.25) is 0 Å². The van der Waals surface area contributed by atoms with Crippen LogP contribution in [0.3, 0.4) is 0 Å². The minimum atomic E-state index is -3.42. The van der Waals surface area contributed by atoms with Crippen LogP contribution in [-0.4, -0.2) is 40.6 Å². The first-order valence-corrected chi connectivity index (χ1v) is 8.33. The number of sulfonamides is 1. The summed E-state index contributed by atoms with van der Waals surface area (Å²) in [7, 11) is -0.312. The Bertz CT molecular complexity index is 587. The van der Waals surface area contributed by atoms with Crippen LogP contribution in [-0.2, 0) is 21.3 Å². The molecule has 0 radical (unpaired) electrons. The van der Waals surface area contributed by atoms with Crippen molar-refractivity contribution in [1.29, 1.82) is 0 Å². The van der Waals surface area contributed by atoms with E-state index in [9.17, 15) is 8.42 Å². The van der Waals surface area contributed by atoms with Gasteiger partial charge in [-0.3, -0.25) is 0 Å². The molecule has 0 spiro atoms. The minimum Gasteiger partial charge on any atom is -0.497 e. The van der Waals surface area contributed by atoms with Gasteiger partial charge in [-0.25, -0.2) is 13.1 Å². The van der Waals surface area contributed by atoms with Gasteiger partial charge in [-0.2, -0.15) is 0 Å². The lowest BCUT2D eigenvalue weighted by molar-refractivity contribution is 0.126. The highest BCUT2D eigenvalue weighted by Crippen LogP contribution is 2.25. The fraction of sp³-hybridized carbons (Fsp3) is 0.571. The van der Waals surface area contributed by atoms with Crippen molar-refractivity contribution >= 4 is 10.0 Å². The second kappa shape index (κ2) is 6.64. The van der Waals surface area contributed by atoms with Gasteiger partial charge >= 0.3 is 0 Å². The molecular formula is C14H21NO5S. The summed E-state index contributed by atoms with van der Waals surface area (Å²) in [5.74, 6) is 1.27. The molecule has 2 atom stereocenters. The third-order valence-electron chi connectivity index (χ3n) is 3.66. The molecule has 7 heteroatoms. The van der Waals surface area contributed by atoms with Gasteiger partial charge in [0.2, 0.25) is 10.0 Å². The van der Waals surface area contributed by atoms with E-state index in [0.717, 1.165) is 5.56 Å². The molecular weight excluding hydrogens is 294 g/mol. The van der Waals surface area contributed by atoms with Crippen LogP contribution < -0.4 is 14.2 Å². The Labute approximate surface area is 125 Å². The van der Waals surface area contributed by atoms with Crippen molar-refractivity contribution in [2.24, 2.45) is 0 Å². The third kappa shape index (κ3) is 3.66. The first kappa shape index (κ1) is 16.1. The SMILES string of the molecule is COc1ccc(OC)c(CNS(=O)(=O)[C@@H]2CCO[C@@H]2C)c1. The second-order valence-electron chi connectivity index (χ2n) is 4.95. The van der Waals surface area contributed by atoms with Crippen LogP contribution in [0, 0.1) is 0 Å². The molecule has 1 aromatic rings. The highest BCUT2D eigenvalue weighted by molar-refractivity contribution is 7.90. The van der Waals surface area contributed by atoms with Gasteiger partial charge in [0.1, 0.15) is 16.7 Å². The van der Waals surface area contributed by atoms with Crippen LogP contribution in [0.5, 0.6) is 11.5 Å². The predicted molar refractivity (Wildman–Crippen MR) is 79.1 cm³/mol. The second-order valence-corrected chi connectivity index (χ2v) is 6.93. The summed E-state index contributed by atoms with van der Waals surface area (Å²) in [5, 5.41) is -0.505. The van der Waals surface area contributed by atoms with Gasteiger partial charge in [0.05, 0.1) is 20.3 Å². The lowest BCUT2D eigenvalue weighted by atomic mass is 10.2. The van der Waals surface area contributed by atoms with E-state index in [1.165, 1.54) is 0 Å². The van der Waals surface area contributed by atoms with E-state index in [4.69, 9.17) is 14.2 Å². The molecule has 2 rings (SSSR count). The molecule has 0 bridgehead atoms. The van der Waals surface area contributed by atoms with Crippen molar-refractivity contribution < 1.29 is 22.6 Å². The monoisotopic (exact) mass is 315 g/mol. The number of methoxy groups -OCH3 is 2. The van der Waals surface area contributed by atoms with Crippen molar-refractivity contribution in [1.82, 2.24) is 4.72 Å². The van der Waals surface area contributed by atoms with E-state index >= 15 is 0 Å². The van der Waals surface area contributed by atoms with Gasteiger partial charge in [0.25, 0.3) is 0 Å². The molecule has 1 fully saturated rings. The van der Waals surface area contributed by atoms with Crippen LogP contribution in [0.25, 0.3) is 0 Å². The zero-order chi connectivity index (χ0) is 15.5. The average Bonchev–Trinajstić information content (AvgIpc) is 2.92. The Kier molecular flexibility index (Phi) is 5.08. The van der Waals surface area contributed by atoms with Crippen molar-refractivity contribution in [2.45, 2.75) is 31.2 Å². The molecule has 1 aliphatic rings. The fourth-order valence-corrected chi connectivity index (χ4v) is 3.99. The van der Waals surface area contributed by atoms with Gasteiger partial charge in [-0.1, -0.05) is 0 Å². The topological polar surface area (TPSA) is 73.9 Å². The lowest BCUT2D eigenvalue weighted by Gasteiger charge is -2.17. The number of rotatable bonds is 6. The quantitative estimate of drug-likeness (QED) is 0.856. The van der Waals surface area contributed by atoms with Gasteiger partial charge < -0.3 is 14.2 Å². The van der Waals surface area contributed by atoms with E-state index < -0.39 is 15.3 Å². The Morgan fingerprint density at radius 2 is 2.10 bits per heavy atom. The number of hydrogen-bond donors (Lipinski definition) is 1. The third-order valence-corrected chi connectivity index (χ3v) is 5.62. The number of benzene rings is 1. The molecule has 1 saturated heterocycles. The summed E-state index contributed by atoms with van der Waals surface area (Å²) in [4.78, 5) is 0. The summed E-state index contributed by atoms with van der Waals surface area (Å²) in [6.07, 6.45) is 0.237. The molecule has 0 saturated carbocycles. The summed E-state index contributed by atoms with van der Waals surface area (Å²) in [5.41, 5.74) is 0.729. The summed E-state index contributed by atoms with van der Waals surface area (Å²) < 4.78 is 43.0. The fourth-order valence-electron chi connectivity index (χ4n) is 2.43. The first-order valence-electron chi connectivity index (χ1n) is 6.79. The molecule has 1 aromatic carbocycles. The van der Waals surface area contributed by atoms with Crippen molar-refractivity contribution in [3.05, 3.63) is 23.8 Å². The van der Waals surface area contributed by atoms with E-state index in [0.29, 0.717) is 24.5 Å². The smallest absolute Gasteiger partial charge is 0.217 e. The summed E-state index contributed by atoms with van der Waals surface area (Å²) in [6, 6.07) is 5.28. The highest BCUT2D eigenvalue weighted by atomic mass is 32.2. The standard InChI is InChI=1S/C14H21NO5S/c1-10-14(6-7-20-10)21(16,17)15-9-11-8-12(18-2)4-5-13(11)19-3/h4-5,8,10,14-15H,6-7,9H2,1-3H3/t10-,14-/m1/s1. The number of hydrogen-bond acceptors (Lipinski definition) is 5. The van der Waals surface area contributed by atoms with E-state index in [1.54, 1.807) is 39.3 Å². The van der Waals surface area contributed by atoms with Gasteiger partial charge in [0, 0.05) is 18.7 Å². The predicted octanol–water partition coefficient (Wildman–Crippen LogP) is 1.30. The average molecular weight is 315 g/mol. The first-order chi connectivity index (χ1) is 9.97. The van der Waals surface area contributed by atoms with E-state index in [-0.39, 0.29) is 12.6 Å². The molecule has 6 nitrogen and oxygen atoms in total. The van der Waals surface area contributed by atoms with Gasteiger partial charge in [-0.15, -0.1) is 0 Å². The summed E-state index contributed by atoms with van der Waals surface area (Å²) in [6.45, 7) is 2.42. The molecule has 0 aromatic heterocycles. The molecule has 1 heterocycles. The minimum absolute atomic E-state index is 0.159. The molecule has 1 aliphatic heterocycles. The van der Waals surface area contributed by atoms with Crippen LogP contribution in [0.4, 0.5) is 0 Å². The van der Waals surface area contributed by atoms with E-state index in [1.807, 2.05) is 0 Å². The van der Waals surface area contributed by atoms with Crippen LogP contribution in [0.15, 0.2) is 18.2 Å². The molecule has 0 aliphatic carbocycles. The van der Waals surface area contributed by atoms with Crippen molar-refractivity contribution in [2.75, 3.05) is 20.8 Å². The molecule has 21 heavy (non-hydrogen) atoms. The summed E-state index contributed by atoms with van der Waals surface area (Å²) >= 11 is 0. The van der Waals surface area contributed by atoms with E-state index in [2.05, 4.69) is 4.72 Å². The largest absolute Gasteiger partial charge is 0.497 e. The van der Waals surface area contributed by atoms with Crippen LogP contribution in [0.1, 0.15) is 18.9 Å². The Morgan fingerprint density at radius 1 is 1.33 bits per heavy atom. The van der Waals surface area contributed by atoms with Gasteiger partial charge in [-0.05, 0) is 31.5 Å². The zero-order valence-electron chi connectivity index (χ0n) is 12.5. The van der Waals surface area contributed by atoms with Gasteiger partial charge in [0.15, 0.2) is 0 Å². The van der Waals surface area contributed by atoms with Crippen molar-refractivity contribution in [3.8, 4) is 11.5 Å². The van der Waals surface area contributed by atoms with Crippen molar-refractivity contribution in [3.63, 3.8) is 0 Å².